The van der Waals surface area contributed by atoms with E-state index >= 15 is 0 Å². The third-order valence-electron chi connectivity index (χ3n) is 9.69. The lowest BCUT2D eigenvalue weighted by molar-refractivity contribution is 0.0874. The van der Waals surface area contributed by atoms with E-state index in [4.69, 9.17) is 0 Å². The van der Waals surface area contributed by atoms with Crippen molar-refractivity contribution in [3.8, 4) is 0 Å². The summed E-state index contributed by atoms with van der Waals surface area (Å²) < 4.78 is 42.8. The molecule has 5 rings (SSSR count). The fourth-order valence-corrected chi connectivity index (χ4v) is 7.44. The number of ketones is 1. The highest BCUT2D eigenvalue weighted by molar-refractivity contribution is 5.98. The van der Waals surface area contributed by atoms with Gasteiger partial charge in [0.1, 0.15) is 11.6 Å². The Morgan fingerprint density at radius 2 is 1.71 bits per heavy atom. The number of hydrogen-bond acceptors (Lipinski definition) is 4. The largest absolute Gasteiger partial charge is 0.321 e. The SMILES string of the molecule is Cc1cc(F)nc(C)c1C(=O)CCCC(C)N1CCC(N2C(=O)N(C3CCCCC3)CC2c2cc(F)ccc2F)CC1. The molecule has 1 aliphatic carbocycles. The van der Waals surface area contributed by atoms with Gasteiger partial charge >= 0.3 is 6.03 Å². The van der Waals surface area contributed by atoms with Crippen molar-refractivity contribution in [2.75, 3.05) is 19.6 Å². The number of Topliss-reactive ketones (excluding diaryl/α,β-unsaturated/α-hetero) is 1. The highest BCUT2D eigenvalue weighted by Gasteiger charge is 2.46. The molecule has 3 heterocycles. The fourth-order valence-electron chi connectivity index (χ4n) is 7.44. The third kappa shape index (κ3) is 6.51. The summed E-state index contributed by atoms with van der Waals surface area (Å²) in [6.45, 7) is 7.57. The minimum atomic E-state index is -0.566. The Morgan fingerprint density at radius 1 is 1.00 bits per heavy atom. The molecule has 2 amide bonds. The molecule has 1 saturated carbocycles. The minimum absolute atomic E-state index is 0.00547. The number of aromatic nitrogens is 1. The molecule has 42 heavy (non-hydrogen) atoms. The second-order valence-electron chi connectivity index (χ2n) is 12.5. The van der Waals surface area contributed by atoms with Crippen LogP contribution < -0.4 is 0 Å². The lowest BCUT2D eigenvalue weighted by Crippen LogP contribution is -2.50. The van der Waals surface area contributed by atoms with Gasteiger partial charge in [-0.2, -0.15) is 4.39 Å². The molecule has 0 spiro atoms. The van der Waals surface area contributed by atoms with E-state index in [0.717, 1.165) is 70.5 Å². The predicted molar refractivity (Wildman–Crippen MR) is 156 cm³/mol. The quantitative estimate of drug-likeness (QED) is 0.232. The van der Waals surface area contributed by atoms with E-state index < -0.39 is 23.6 Å². The average Bonchev–Trinajstić information content (AvgIpc) is 3.30. The summed E-state index contributed by atoms with van der Waals surface area (Å²) in [5.41, 5.74) is 1.84. The van der Waals surface area contributed by atoms with Gasteiger partial charge in [0.15, 0.2) is 5.78 Å². The molecule has 3 aliphatic rings. The molecule has 0 radical (unpaired) electrons. The number of carbonyl (C=O) groups is 2. The van der Waals surface area contributed by atoms with Gasteiger partial charge < -0.3 is 14.7 Å². The van der Waals surface area contributed by atoms with Gasteiger partial charge in [0.05, 0.1) is 11.7 Å². The lowest BCUT2D eigenvalue weighted by atomic mass is 9.94. The Bertz CT molecular complexity index is 1270. The summed E-state index contributed by atoms with van der Waals surface area (Å²) in [5.74, 6) is -1.53. The Morgan fingerprint density at radius 3 is 2.40 bits per heavy atom. The van der Waals surface area contributed by atoms with Crippen molar-refractivity contribution >= 4 is 11.8 Å². The number of halogens is 3. The first-order valence-electron chi connectivity index (χ1n) is 15.6. The van der Waals surface area contributed by atoms with E-state index in [1.54, 1.807) is 13.8 Å². The number of urea groups is 1. The van der Waals surface area contributed by atoms with Crippen molar-refractivity contribution in [2.45, 2.75) is 109 Å². The molecule has 1 aromatic heterocycles. The molecule has 6 nitrogen and oxygen atoms in total. The van der Waals surface area contributed by atoms with Gasteiger partial charge in [-0.25, -0.2) is 18.6 Å². The maximum atomic E-state index is 15.0. The molecule has 228 valence electrons. The van der Waals surface area contributed by atoms with Gasteiger partial charge in [-0.05, 0) is 89.1 Å². The molecule has 0 bridgehead atoms. The van der Waals surface area contributed by atoms with Crippen molar-refractivity contribution in [1.29, 1.82) is 0 Å². The number of carbonyl (C=O) groups excluding carboxylic acids is 2. The summed E-state index contributed by atoms with van der Waals surface area (Å²) in [5, 5.41) is 0. The molecule has 2 atom stereocenters. The number of rotatable bonds is 9. The Hall–Kier alpha value is -2.94. The summed E-state index contributed by atoms with van der Waals surface area (Å²) in [4.78, 5) is 36.7. The number of piperidine rings is 1. The molecule has 2 aromatic rings. The molecule has 2 unspecified atom stereocenters. The van der Waals surface area contributed by atoms with Crippen LogP contribution in [0.1, 0.15) is 104 Å². The molecule has 2 saturated heterocycles. The molecule has 3 fully saturated rings. The van der Waals surface area contributed by atoms with Crippen LogP contribution in [0.4, 0.5) is 18.0 Å². The number of benzene rings is 1. The van der Waals surface area contributed by atoms with Crippen LogP contribution in [0.25, 0.3) is 0 Å². The average molecular weight is 585 g/mol. The number of hydrogen-bond donors (Lipinski definition) is 0. The Kier molecular flexibility index (Phi) is 9.55. The van der Waals surface area contributed by atoms with Crippen LogP contribution in [0.5, 0.6) is 0 Å². The molecular formula is C33H43F3N4O2. The number of aryl methyl sites for hydroxylation is 2. The zero-order chi connectivity index (χ0) is 30.0. The smallest absolute Gasteiger partial charge is 0.319 e. The minimum Gasteiger partial charge on any atom is -0.319 e. The normalized spacial score (nSPS) is 21.8. The first-order chi connectivity index (χ1) is 20.1. The molecule has 0 N–H and O–H groups in total. The van der Waals surface area contributed by atoms with Crippen LogP contribution in [0, 0.1) is 31.4 Å². The monoisotopic (exact) mass is 584 g/mol. The van der Waals surface area contributed by atoms with E-state index in [0.29, 0.717) is 29.8 Å². The van der Waals surface area contributed by atoms with Gasteiger partial charge in [-0.15, -0.1) is 0 Å². The van der Waals surface area contributed by atoms with Crippen LogP contribution in [0.3, 0.4) is 0 Å². The summed E-state index contributed by atoms with van der Waals surface area (Å²) >= 11 is 0. The van der Waals surface area contributed by atoms with Crippen molar-refractivity contribution in [1.82, 2.24) is 19.7 Å². The van der Waals surface area contributed by atoms with E-state index in [2.05, 4.69) is 16.8 Å². The van der Waals surface area contributed by atoms with Crippen LogP contribution in [0.2, 0.25) is 0 Å². The van der Waals surface area contributed by atoms with E-state index in [9.17, 15) is 22.8 Å². The molecule has 9 heteroatoms. The number of amides is 2. The maximum Gasteiger partial charge on any atom is 0.321 e. The van der Waals surface area contributed by atoms with E-state index in [1.807, 2.05) is 9.80 Å². The molecule has 1 aromatic carbocycles. The van der Waals surface area contributed by atoms with Gasteiger partial charge in [0.25, 0.3) is 0 Å². The zero-order valence-electron chi connectivity index (χ0n) is 25.1. The number of likely N-dealkylation sites (tertiary alicyclic amines) is 1. The van der Waals surface area contributed by atoms with Crippen molar-refractivity contribution < 1.29 is 22.8 Å². The van der Waals surface area contributed by atoms with Crippen LogP contribution in [0.15, 0.2) is 24.3 Å². The van der Waals surface area contributed by atoms with Crippen LogP contribution >= 0.6 is 0 Å². The number of nitrogens with zero attached hydrogens (tertiary/aromatic N) is 4. The van der Waals surface area contributed by atoms with Crippen molar-refractivity contribution in [3.05, 3.63) is 64.2 Å². The second-order valence-corrected chi connectivity index (χ2v) is 12.5. The first kappa shape index (κ1) is 30.5. The summed E-state index contributed by atoms with van der Waals surface area (Å²) in [6, 6.07) is 4.71. The molecule has 2 aliphatic heterocycles. The standard InChI is InChI=1S/C33H43F3N4O2/c1-21-18-31(36)37-23(3)32(21)30(41)11-7-8-22(2)38-16-14-26(15-17-38)40-29(27-19-24(34)12-13-28(27)35)20-39(33(40)42)25-9-5-4-6-10-25/h12-13,18-19,22,25-26,29H,4-11,14-17,20H2,1-3H3. The van der Waals surface area contributed by atoms with Crippen LogP contribution in [-0.2, 0) is 0 Å². The van der Waals surface area contributed by atoms with Gasteiger partial charge in [-0.3, -0.25) is 4.79 Å². The molecular weight excluding hydrogens is 541 g/mol. The third-order valence-corrected chi connectivity index (χ3v) is 9.69. The highest BCUT2D eigenvalue weighted by Crippen LogP contribution is 2.39. The fraction of sp³-hybridized carbons (Fsp3) is 0.606. The van der Waals surface area contributed by atoms with Crippen molar-refractivity contribution in [3.63, 3.8) is 0 Å². The van der Waals surface area contributed by atoms with Gasteiger partial charge in [-0.1, -0.05) is 19.3 Å². The Balaban J connectivity index is 1.20. The number of pyridine rings is 1. The Labute approximate surface area is 247 Å². The van der Waals surface area contributed by atoms with E-state index in [-0.39, 0.29) is 35.5 Å². The lowest BCUT2D eigenvalue weighted by Gasteiger charge is -2.41. The van der Waals surface area contributed by atoms with Gasteiger partial charge in [0.2, 0.25) is 5.95 Å². The topological polar surface area (TPSA) is 56.8 Å². The second kappa shape index (κ2) is 13.1. The first-order valence-corrected chi connectivity index (χ1v) is 15.6. The highest BCUT2D eigenvalue weighted by atomic mass is 19.1. The van der Waals surface area contributed by atoms with Gasteiger partial charge in [0, 0.05) is 55.3 Å². The van der Waals surface area contributed by atoms with E-state index in [1.165, 1.54) is 24.6 Å². The zero-order valence-corrected chi connectivity index (χ0v) is 25.1. The van der Waals surface area contributed by atoms with Crippen molar-refractivity contribution in [2.24, 2.45) is 0 Å². The predicted octanol–water partition coefficient (Wildman–Crippen LogP) is 7.13. The summed E-state index contributed by atoms with van der Waals surface area (Å²) in [7, 11) is 0. The maximum absolute atomic E-state index is 15.0. The summed E-state index contributed by atoms with van der Waals surface area (Å²) in [6.07, 6.45) is 8.77. The van der Waals surface area contributed by atoms with Crippen LogP contribution in [-0.4, -0.2) is 69.3 Å².